The molecule has 0 saturated carbocycles. The molecule has 0 aliphatic rings. The van der Waals surface area contributed by atoms with Crippen LogP contribution in [0.5, 0.6) is 0 Å². The van der Waals surface area contributed by atoms with Gasteiger partial charge >= 0.3 is 0 Å². The van der Waals surface area contributed by atoms with Crippen molar-refractivity contribution in [2.75, 3.05) is 11.9 Å². The first-order valence-electron chi connectivity index (χ1n) is 10.1. The molecule has 0 atom stereocenters. The molecule has 0 radical (unpaired) electrons. The molecule has 160 valence electrons. The van der Waals surface area contributed by atoms with E-state index in [1.165, 1.54) is 0 Å². The summed E-state index contributed by atoms with van der Waals surface area (Å²) in [7, 11) is 0. The van der Waals surface area contributed by atoms with E-state index in [1.807, 2.05) is 54.7 Å². The lowest BCUT2D eigenvalue weighted by molar-refractivity contribution is -0.115. The molecule has 0 aliphatic heterocycles. The molecule has 1 aromatic heterocycles. The second-order valence-corrected chi connectivity index (χ2v) is 9.28. The average Bonchev–Trinajstić information content (AvgIpc) is 2.77. The van der Waals surface area contributed by atoms with Crippen LogP contribution in [-0.2, 0) is 16.0 Å². The number of rotatable bonds is 7. The Balaban J connectivity index is 1.45. The van der Waals surface area contributed by atoms with Gasteiger partial charge in [-0.15, -0.1) is 11.8 Å². The zero-order chi connectivity index (χ0) is 22.3. The van der Waals surface area contributed by atoms with Crippen molar-refractivity contribution in [1.29, 1.82) is 0 Å². The van der Waals surface area contributed by atoms with Crippen LogP contribution in [0.15, 0.2) is 78.0 Å². The molecule has 1 heterocycles. The fourth-order valence-corrected chi connectivity index (χ4v) is 3.71. The van der Waals surface area contributed by atoms with Crippen molar-refractivity contribution in [2.45, 2.75) is 36.8 Å². The molecule has 5 nitrogen and oxygen atoms in total. The van der Waals surface area contributed by atoms with Gasteiger partial charge in [0, 0.05) is 34.3 Å². The Bertz CT molecular complexity index is 1010. The first-order chi connectivity index (χ1) is 14.8. The number of carbonyl (C=O) groups is 2. The third-order valence-electron chi connectivity index (χ3n) is 4.69. The normalized spacial score (nSPS) is 11.1. The number of nitrogens with one attached hydrogen (secondary N) is 2. The van der Waals surface area contributed by atoms with Gasteiger partial charge in [-0.1, -0.05) is 39.0 Å². The van der Waals surface area contributed by atoms with E-state index in [4.69, 9.17) is 0 Å². The predicted octanol–water partition coefficient (Wildman–Crippen LogP) is 5.04. The maximum atomic E-state index is 12.3. The van der Waals surface area contributed by atoms with Crippen LogP contribution < -0.4 is 10.6 Å². The van der Waals surface area contributed by atoms with Crippen LogP contribution in [0.4, 0.5) is 5.69 Å². The summed E-state index contributed by atoms with van der Waals surface area (Å²) >= 11 is 1.71. The molecule has 0 aliphatic carbocycles. The lowest BCUT2D eigenvalue weighted by atomic mass is 9.87. The van der Waals surface area contributed by atoms with Crippen LogP contribution in [0.1, 0.15) is 42.3 Å². The van der Waals surface area contributed by atoms with Gasteiger partial charge in [-0.05, 0) is 59.0 Å². The Hall–Kier alpha value is -3.12. The quantitative estimate of drug-likeness (QED) is 0.512. The highest BCUT2D eigenvalue weighted by molar-refractivity contribution is 7.98. The van der Waals surface area contributed by atoms with Crippen molar-refractivity contribution in [1.82, 2.24) is 10.3 Å². The highest BCUT2D eigenvalue weighted by Gasteiger charge is 2.14. The first kappa shape index (κ1) is 22.6. The number of aromatic nitrogens is 1. The minimum absolute atomic E-state index is 0.0295. The van der Waals surface area contributed by atoms with Crippen molar-refractivity contribution < 1.29 is 9.59 Å². The molecular weight excluding hydrogens is 406 g/mol. The maximum absolute atomic E-state index is 12.3. The molecule has 6 heteroatoms. The number of amides is 2. The Kier molecular flexibility index (Phi) is 7.47. The van der Waals surface area contributed by atoms with Gasteiger partial charge in [-0.2, -0.15) is 0 Å². The monoisotopic (exact) mass is 433 g/mol. The molecule has 2 N–H and O–H groups in total. The lowest BCUT2D eigenvalue weighted by Crippen LogP contribution is -2.32. The van der Waals surface area contributed by atoms with Gasteiger partial charge in [0.25, 0.3) is 5.91 Å². The number of benzene rings is 2. The smallest absolute Gasteiger partial charge is 0.251 e. The Morgan fingerprint density at radius 1 is 0.968 bits per heavy atom. The van der Waals surface area contributed by atoms with E-state index in [-0.39, 0.29) is 23.8 Å². The number of thioether (sulfide) groups is 1. The molecule has 0 unspecified atom stereocenters. The molecule has 2 amide bonds. The molecule has 0 saturated heterocycles. The third-order valence-corrected chi connectivity index (χ3v) is 5.77. The highest BCUT2D eigenvalue weighted by Crippen LogP contribution is 2.24. The van der Waals surface area contributed by atoms with E-state index in [9.17, 15) is 9.59 Å². The summed E-state index contributed by atoms with van der Waals surface area (Å²) in [5, 5.41) is 5.47. The van der Waals surface area contributed by atoms with E-state index in [1.54, 1.807) is 30.1 Å². The Morgan fingerprint density at radius 3 is 2.29 bits per heavy atom. The molecule has 0 bridgehead atoms. The van der Waals surface area contributed by atoms with E-state index in [0.717, 1.165) is 21.8 Å². The van der Waals surface area contributed by atoms with Crippen LogP contribution >= 0.6 is 11.8 Å². The number of anilines is 1. The molecule has 3 aromatic rings. The Labute approximate surface area is 187 Å². The minimum atomic E-state index is -0.268. The first-order valence-corrected chi connectivity index (χ1v) is 11.1. The van der Waals surface area contributed by atoms with Crippen molar-refractivity contribution in [3.63, 3.8) is 0 Å². The third kappa shape index (κ3) is 6.96. The summed E-state index contributed by atoms with van der Waals surface area (Å²) in [6, 6.07) is 19.1. The van der Waals surface area contributed by atoms with Gasteiger partial charge < -0.3 is 10.6 Å². The van der Waals surface area contributed by atoms with Gasteiger partial charge in [0.1, 0.15) is 0 Å². The van der Waals surface area contributed by atoms with Crippen molar-refractivity contribution in [3.05, 3.63) is 89.7 Å². The fourth-order valence-electron chi connectivity index (χ4n) is 2.87. The topological polar surface area (TPSA) is 71.1 Å². The second-order valence-electron chi connectivity index (χ2n) is 8.23. The number of carbonyl (C=O) groups excluding carboxylic acids is 2. The molecule has 0 spiro atoms. The number of hydrogen-bond donors (Lipinski definition) is 2. The van der Waals surface area contributed by atoms with Crippen LogP contribution in [0.3, 0.4) is 0 Å². The molecule has 0 fully saturated rings. The van der Waals surface area contributed by atoms with Gasteiger partial charge in [-0.3, -0.25) is 14.6 Å². The molecule has 31 heavy (non-hydrogen) atoms. The summed E-state index contributed by atoms with van der Waals surface area (Å²) in [5.74, 6) is 0.302. The largest absolute Gasteiger partial charge is 0.343 e. The summed E-state index contributed by atoms with van der Waals surface area (Å²) in [6.45, 7) is 6.28. The van der Waals surface area contributed by atoms with Crippen molar-refractivity contribution in [2.24, 2.45) is 0 Å². The fraction of sp³-hybridized carbons (Fsp3) is 0.240. The van der Waals surface area contributed by atoms with Gasteiger partial charge in [0.05, 0.1) is 6.54 Å². The zero-order valence-electron chi connectivity index (χ0n) is 18.0. The van der Waals surface area contributed by atoms with Gasteiger partial charge in [0.15, 0.2) is 0 Å². The van der Waals surface area contributed by atoms with E-state index in [0.29, 0.717) is 11.3 Å². The number of hydrogen-bond acceptors (Lipinski definition) is 4. The van der Waals surface area contributed by atoms with Crippen molar-refractivity contribution >= 4 is 29.3 Å². The summed E-state index contributed by atoms with van der Waals surface area (Å²) in [4.78, 5) is 29.7. The predicted molar refractivity (Wildman–Crippen MR) is 126 cm³/mol. The second kappa shape index (κ2) is 10.3. The highest BCUT2D eigenvalue weighted by atomic mass is 32.2. The van der Waals surface area contributed by atoms with Crippen LogP contribution in [0.2, 0.25) is 0 Å². The lowest BCUT2D eigenvalue weighted by Gasteiger charge is -2.19. The van der Waals surface area contributed by atoms with Crippen LogP contribution in [0, 0.1) is 0 Å². The summed E-state index contributed by atoms with van der Waals surface area (Å²) in [6.07, 6.45) is 3.62. The Morgan fingerprint density at radius 2 is 1.68 bits per heavy atom. The summed E-state index contributed by atoms with van der Waals surface area (Å²) in [5.41, 5.74) is 3.58. The molecular formula is C25H27N3O2S. The average molecular weight is 434 g/mol. The standard InChI is InChI=1S/C25H27N3O2S/c1-25(2,3)20-8-6-19(7-9-20)24(30)27-16-23(29)28-21-10-12-22(13-11-21)31-17-18-5-4-14-26-15-18/h4-15H,16-17H2,1-3H3,(H,27,30)(H,28,29). The maximum Gasteiger partial charge on any atom is 0.251 e. The van der Waals surface area contributed by atoms with E-state index in [2.05, 4.69) is 36.4 Å². The van der Waals surface area contributed by atoms with E-state index < -0.39 is 0 Å². The molecule has 2 aromatic carbocycles. The van der Waals surface area contributed by atoms with Crippen LogP contribution in [-0.4, -0.2) is 23.3 Å². The van der Waals surface area contributed by atoms with Crippen LogP contribution in [0.25, 0.3) is 0 Å². The van der Waals surface area contributed by atoms with Crippen molar-refractivity contribution in [3.8, 4) is 0 Å². The number of pyridine rings is 1. The zero-order valence-corrected chi connectivity index (χ0v) is 18.8. The van der Waals surface area contributed by atoms with Gasteiger partial charge in [0.2, 0.25) is 5.91 Å². The van der Waals surface area contributed by atoms with E-state index >= 15 is 0 Å². The van der Waals surface area contributed by atoms with Gasteiger partial charge in [-0.25, -0.2) is 0 Å². The number of nitrogens with zero attached hydrogens (tertiary/aromatic N) is 1. The minimum Gasteiger partial charge on any atom is -0.343 e. The SMILES string of the molecule is CC(C)(C)c1ccc(C(=O)NCC(=O)Nc2ccc(SCc3cccnc3)cc2)cc1. The summed E-state index contributed by atoms with van der Waals surface area (Å²) < 4.78 is 0. The molecule has 3 rings (SSSR count).